The van der Waals surface area contributed by atoms with Gasteiger partial charge in [0.25, 0.3) is 0 Å². The molecule has 96 valence electrons. The monoisotopic (exact) mass is 256 g/mol. The van der Waals surface area contributed by atoms with Crippen molar-refractivity contribution in [3.05, 3.63) is 28.8 Å². The van der Waals surface area contributed by atoms with Crippen LogP contribution in [0.2, 0.25) is 5.02 Å². The highest BCUT2D eigenvalue weighted by molar-refractivity contribution is 6.31. The fourth-order valence-corrected chi connectivity index (χ4v) is 1.90. The molecular formula is C13H21ClN2O. The molecule has 1 atom stereocenters. The third-order valence-corrected chi connectivity index (χ3v) is 3.31. The van der Waals surface area contributed by atoms with Crippen LogP contribution in [0.1, 0.15) is 19.4 Å². The van der Waals surface area contributed by atoms with E-state index in [9.17, 15) is 5.11 Å². The van der Waals surface area contributed by atoms with Crippen molar-refractivity contribution in [3.63, 3.8) is 0 Å². The summed E-state index contributed by atoms with van der Waals surface area (Å²) in [6, 6.07) is 5.95. The summed E-state index contributed by atoms with van der Waals surface area (Å²) in [4.78, 5) is 2.05. The van der Waals surface area contributed by atoms with Crippen LogP contribution in [-0.4, -0.2) is 31.3 Å². The summed E-state index contributed by atoms with van der Waals surface area (Å²) >= 11 is 6.23. The first kappa shape index (κ1) is 14.3. The molecule has 0 fully saturated rings. The predicted octanol–water partition coefficient (Wildman–Crippen LogP) is 2.27. The van der Waals surface area contributed by atoms with Gasteiger partial charge in [-0.05, 0) is 25.6 Å². The summed E-state index contributed by atoms with van der Waals surface area (Å²) in [6.07, 6.45) is 0. The van der Waals surface area contributed by atoms with Crippen molar-refractivity contribution in [2.45, 2.75) is 26.4 Å². The van der Waals surface area contributed by atoms with Gasteiger partial charge in [0.05, 0.1) is 6.61 Å². The molecule has 0 aliphatic rings. The molecule has 1 aromatic carbocycles. The van der Waals surface area contributed by atoms with Crippen LogP contribution in [-0.2, 0) is 6.54 Å². The third-order valence-electron chi connectivity index (χ3n) is 2.95. The van der Waals surface area contributed by atoms with Gasteiger partial charge in [-0.3, -0.25) is 0 Å². The third kappa shape index (κ3) is 3.60. The van der Waals surface area contributed by atoms with E-state index in [4.69, 9.17) is 11.6 Å². The smallest absolute Gasteiger partial charge is 0.0632 e. The van der Waals surface area contributed by atoms with E-state index in [-0.39, 0.29) is 12.6 Å². The molecule has 3 nitrogen and oxygen atoms in total. The normalized spacial score (nSPS) is 12.5. The lowest BCUT2D eigenvalue weighted by molar-refractivity contribution is 0.270. The van der Waals surface area contributed by atoms with Crippen LogP contribution in [0.15, 0.2) is 18.2 Å². The zero-order chi connectivity index (χ0) is 12.8. The molecule has 0 aliphatic carbocycles. The van der Waals surface area contributed by atoms with Gasteiger partial charge in [-0.25, -0.2) is 0 Å². The van der Waals surface area contributed by atoms with Crippen molar-refractivity contribution in [2.24, 2.45) is 0 Å². The molecule has 4 heteroatoms. The highest BCUT2D eigenvalue weighted by Gasteiger charge is 2.14. The molecule has 0 radical (unpaired) electrons. The van der Waals surface area contributed by atoms with Gasteiger partial charge in [-0.15, -0.1) is 0 Å². The standard InChI is InChI=1S/C13H21ClN2O/c1-4-15-8-11-12(14)6-5-7-13(11)16(3)10(2)9-17/h5-7,10,15,17H,4,8-9H2,1-3H3. The Morgan fingerprint density at radius 3 is 2.76 bits per heavy atom. The Balaban J connectivity index is 3.00. The Bertz CT molecular complexity index is 357. The number of aliphatic hydroxyl groups excluding tert-OH is 1. The molecule has 0 heterocycles. The highest BCUT2D eigenvalue weighted by atomic mass is 35.5. The number of hydrogen-bond donors (Lipinski definition) is 2. The summed E-state index contributed by atoms with van der Waals surface area (Å²) in [7, 11) is 1.97. The highest BCUT2D eigenvalue weighted by Crippen LogP contribution is 2.27. The van der Waals surface area contributed by atoms with Crippen molar-refractivity contribution in [3.8, 4) is 0 Å². The summed E-state index contributed by atoms with van der Waals surface area (Å²) in [5.41, 5.74) is 2.15. The van der Waals surface area contributed by atoms with Crippen LogP contribution in [0, 0.1) is 0 Å². The Morgan fingerprint density at radius 2 is 2.18 bits per heavy atom. The van der Waals surface area contributed by atoms with Crippen molar-refractivity contribution >= 4 is 17.3 Å². The number of hydrogen-bond acceptors (Lipinski definition) is 3. The number of likely N-dealkylation sites (N-methyl/N-ethyl adjacent to an activating group) is 1. The maximum atomic E-state index is 9.21. The molecule has 1 aromatic rings. The van der Waals surface area contributed by atoms with E-state index in [1.165, 1.54) is 0 Å². The van der Waals surface area contributed by atoms with Gasteiger partial charge < -0.3 is 15.3 Å². The minimum Gasteiger partial charge on any atom is -0.394 e. The van der Waals surface area contributed by atoms with E-state index in [0.29, 0.717) is 0 Å². The van der Waals surface area contributed by atoms with Crippen molar-refractivity contribution in [1.29, 1.82) is 0 Å². The maximum absolute atomic E-state index is 9.21. The molecule has 17 heavy (non-hydrogen) atoms. The van der Waals surface area contributed by atoms with Gasteiger partial charge in [0.15, 0.2) is 0 Å². The Morgan fingerprint density at radius 1 is 1.47 bits per heavy atom. The fourth-order valence-electron chi connectivity index (χ4n) is 1.66. The van der Waals surface area contributed by atoms with Gasteiger partial charge in [0, 0.05) is 35.9 Å². The minimum atomic E-state index is 0.0776. The number of aliphatic hydroxyl groups is 1. The zero-order valence-corrected chi connectivity index (χ0v) is 11.5. The van der Waals surface area contributed by atoms with E-state index in [2.05, 4.69) is 17.1 Å². The second-order valence-electron chi connectivity index (χ2n) is 4.16. The summed E-state index contributed by atoms with van der Waals surface area (Å²) in [6.45, 7) is 5.83. The molecule has 0 aromatic heterocycles. The van der Waals surface area contributed by atoms with Crippen molar-refractivity contribution in [1.82, 2.24) is 5.32 Å². The van der Waals surface area contributed by atoms with Crippen LogP contribution in [0.5, 0.6) is 0 Å². The van der Waals surface area contributed by atoms with Gasteiger partial charge in [-0.2, -0.15) is 0 Å². The van der Waals surface area contributed by atoms with Crippen LogP contribution >= 0.6 is 11.6 Å². The topological polar surface area (TPSA) is 35.5 Å². The Hall–Kier alpha value is -0.770. The number of rotatable bonds is 6. The van der Waals surface area contributed by atoms with Gasteiger partial charge in [-0.1, -0.05) is 24.6 Å². The SMILES string of the molecule is CCNCc1c(Cl)cccc1N(C)C(C)CO. The minimum absolute atomic E-state index is 0.0776. The summed E-state index contributed by atoms with van der Waals surface area (Å²) in [5, 5.41) is 13.3. The Labute approximate surface area is 108 Å². The zero-order valence-electron chi connectivity index (χ0n) is 10.7. The molecule has 2 N–H and O–H groups in total. The lowest BCUT2D eigenvalue weighted by Gasteiger charge is -2.28. The molecule has 1 rings (SSSR count). The van der Waals surface area contributed by atoms with Gasteiger partial charge in [0.2, 0.25) is 0 Å². The first-order chi connectivity index (χ1) is 8.11. The maximum Gasteiger partial charge on any atom is 0.0632 e. The lowest BCUT2D eigenvalue weighted by atomic mass is 10.1. The van der Waals surface area contributed by atoms with Crippen LogP contribution < -0.4 is 10.2 Å². The summed E-state index contributed by atoms with van der Waals surface area (Å²) < 4.78 is 0. The average Bonchev–Trinajstić information content (AvgIpc) is 2.35. The first-order valence-corrected chi connectivity index (χ1v) is 6.31. The summed E-state index contributed by atoms with van der Waals surface area (Å²) in [5.74, 6) is 0. The lowest BCUT2D eigenvalue weighted by Crippen LogP contribution is -2.33. The van der Waals surface area contributed by atoms with E-state index in [1.54, 1.807) is 0 Å². The number of halogens is 1. The van der Waals surface area contributed by atoms with Crippen LogP contribution in [0.25, 0.3) is 0 Å². The van der Waals surface area contributed by atoms with Gasteiger partial charge in [0.1, 0.15) is 0 Å². The Kier molecular flexibility index (Phi) is 5.75. The molecular weight excluding hydrogens is 236 g/mol. The second-order valence-corrected chi connectivity index (χ2v) is 4.57. The number of nitrogens with one attached hydrogen (secondary N) is 1. The molecule has 0 spiro atoms. The number of nitrogens with zero attached hydrogens (tertiary/aromatic N) is 1. The van der Waals surface area contributed by atoms with E-state index >= 15 is 0 Å². The molecule has 0 amide bonds. The largest absolute Gasteiger partial charge is 0.394 e. The van der Waals surface area contributed by atoms with Crippen molar-refractivity contribution in [2.75, 3.05) is 25.1 Å². The number of benzene rings is 1. The molecule has 0 saturated carbocycles. The van der Waals surface area contributed by atoms with Crippen molar-refractivity contribution < 1.29 is 5.11 Å². The molecule has 0 bridgehead atoms. The molecule has 1 unspecified atom stereocenters. The van der Waals surface area contributed by atoms with Gasteiger partial charge >= 0.3 is 0 Å². The van der Waals surface area contributed by atoms with Crippen LogP contribution in [0.3, 0.4) is 0 Å². The van der Waals surface area contributed by atoms with E-state index in [0.717, 1.165) is 29.4 Å². The first-order valence-electron chi connectivity index (χ1n) is 5.93. The second kappa shape index (κ2) is 6.84. The van der Waals surface area contributed by atoms with Crippen LogP contribution in [0.4, 0.5) is 5.69 Å². The van der Waals surface area contributed by atoms with E-state index in [1.807, 2.05) is 32.2 Å². The van der Waals surface area contributed by atoms with E-state index < -0.39 is 0 Å². The number of anilines is 1. The fraction of sp³-hybridized carbons (Fsp3) is 0.538. The quantitative estimate of drug-likeness (QED) is 0.820. The predicted molar refractivity (Wildman–Crippen MR) is 73.8 cm³/mol. The average molecular weight is 257 g/mol. The molecule has 0 aliphatic heterocycles. The molecule has 0 saturated heterocycles.